The Kier molecular flexibility index (Phi) is 3.36. The molecule has 0 bridgehead atoms. The number of hydrogen-bond donors (Lipinski definition) is 1. The minimum Gasteiger partial charge on any atom is -0.481 e. The van der Waals surface area contributed by atoms with Crippen molar-refractivity contribution in [1.82, 2.24) is 14.7 Å². The van der Waals surface area contributed by atoms with Crippen LogP contribution in [0.1, 0.15) is 31.5 Å². The summed E-state index contributed by atoms with van der Waals surface area (Å²) in [5.74, 6) is -1.40. The number of likely N-dealkylation sites (tertiary alicyclic amines) is 1. The lowest BCUT2D eigenvalue weighted by atomic mass is 9.86. The van der Waals surface area contributed by atoms with Crippen molar-refractivity contribution < 1.29 is 14.7 Å². The van der Waals surface area contributed by atoms with Crippen LogP contribution in [0, 0.1) is 5.92 Å². The van der Waals surface area contributed by atoms with Gasteiger partial charge < -0.3 is 10.0 Å². The number of aryl methyl sites for hydroxylation is 1. The fourth-order valence-electron chi connectivity index (χ4n) is 2.62. The molecule has 6 heteroatoms. The van der Waals surface area contributed by atoms with Gasteiger partial charge in [0.1, 0.15) is 0 Å². The highest BCUT2D eigenvalue weighted by Crippen LogP contribution is 2.36. The van der Waals surface area contributed by atoms with E-state index in [0.717, 1.165) is 5.69 Å². The Labute approximate surface area is 105 Å². The number of carboxylic acid groups (broad SMARTS) is 1. The number of aliphatic carboxylic acids is 1. The Morgan fingerprint density at radius 1 is 1.61 bits per heavy atom. The van der Waals surface area contributed by atoms with E-state index >= 15 is 0 Å². The fraction of sp³-hybridized carbons (Fsp3) is 0.583. The number of piperidine rings is 1. The molecule has 0 aliphatic carbocycles. The van der Waals surface area contributed by atoms with Crippen molar-refractivity contribution in [3.63, 3.8) is 0 Å². The number of carboxylic acids is 1. The second-order valence-electron chi connectivity index (χ2n) is 4.49. The largest absolute Gasteiger partial charge is 0.481 e. The van der Waals surface area contributed by atoms with Crippen LogP contribution in [-0.2, 0) is 16.6 Å². The Bertz CT molecular complexity index is 467. The van der Waals surface area contributed by atoms with Crippen molar-refractivity contribution in [1.29, 1.82) is 0 Å². The van der Waals surface area contributed by atoms with Gasteiger partial charge in [0, 0.05) is 26.2 Å². The molecular weight excluding hydrogens is 234 g/mol. The van der Waals surface area contributed by atoms with Gasteiger partial charge >= 0.3 is 5.97 Å². The SMILES string of the molecule is CCN1C(=O)CCC(C(=O)O)C1c1ccnn1C. The molecule has 2 rings (SSSR count). The van der Waals surface area contributed by atoms with Crippen LogP contribution in [0.15, 0.2) is 12.3 Å². The van der Waals surface area contributed by atoms with Gasteiger partial charge in [0.25, 0.3) is 0 Å². The zero-order valence-electron chi connectivity index (χ0n) is 10.5. The van der Waals surface area contributed by atoms with Crippen molar-refractivity contribution in [3.05, 3.63) is 18.0 Å². The Balaban J connectivity index is 2.43. The highest BCUT2D eigenvalue weighted by molar-refractivity contribution is 5.81. The van der Waals surface area contributed by atoms with Crippen LogP contribution in [-0.4, -0.2) is 38.2 Å². The molecule has 6 nitrogen and oxygen atoms in total. The molecule has 1 amide bonds. The summed E-state index contributed by atoms with van der Waals surface area (Å²) in [7, 11) is 1.77. The third-order valence-electron chi connectivity index (χ3n) is 3.53. The van der Waals surface area contributed by atoms with Crippen molar-refractivity contribution in [2.24, 2.45) is 13.0 Å². The van der Waals surface area contributed by atoms with Crippen molar-refractivity contribution in [3.8, 4) is 0 Å². The average Bonchev–Trinajstić information content (AvgIpc) is 2.74. The van der Waals surface area contributed by atoms with Gasteiger partial charge in [-0.1, -0.05) is 0 Å². The summed E-state index contributed by atoms with van der Waals surface area (Å²) < 4.78 is 1.64. The van der Waals surface area contributed by atoms with Crippen LogP contribution in [0.3, 0.4) is 0 Å². The number of nitrogens with zero attached hydrogens (tertiary/aromatic N) is 3. The lowest BCUT2D eigenvalue weighted by Crippen LogP contribution is -2.45. The van der Waals surface area contributed by atoms with Gasteiger partial charge in [-0.2, -0.15) is 5.10 Å². The van der Waals surface area contributed by atoms with Crippen molar-refractivity contribution >= 4 is 11.9 Å². The minimum atomic E-state index is -0.854. The molecule has 1 N–H and O–H groups in total. The van der Waals surface area contributed by atoms with Crippen LogP contribution in [0.4, 0.5) is 0 Å². The smallest absolute Gasteiger partial charge is 0.309 e. The highest BCUT2D eigenvalue weighted by atomic mass is 16.4. The average molecular weight is 251 g/mol. The zero-order valence-corrected chi connectivity index (χ0v) is 10.5. The third-order valence-corrected chi connectivity index (χ3v) is 3.53. The molecule has 18 heavy (non-hydrogen) atoms. The van der Waals surface area contributed by atoms with E-state index in [1.54, 1.807) is 28.9 Å². The predicted molar refractivity (Wildman–Crippen MR) is 63.7 cm³/mol. The molecule has 1 saturated heterocycles. The maximum Gasteiger partial charge on any atom is 0.309 e. The lowest BCUT2D eigenvalue weighted by molar-refractivity contribution is -0.152. The Morgan fingerprint density at radius 2 is 2.33 bits per heavy atom. The van der Waals surface area contributed by atoms with Gasteiger partial charge in [-0.15, -0.1) is 0 Å². The summed E-state index contributed by atoms with van der Waals surface area (Å²) in [6, 6.07) is 1.36. The molecule has 0 radical (unpaired) electrons. The van der Waals surface area contributed by atoms with Crippen LogP contribution in [0.5, 0.6) is 0 Å². The van der Waals surface area contributed by atoms with Gasteiger partial charge in [-0.25, -0.2) is 0 Å². The van der Waals surface area contributed by atoms with E-state index < -0.39 is 17.9 Å². The van der Waals surface area contributed by atoms with E-state index in [1.807, 2.05) is 6.92 Å². The highest BCUT2D eigenvalue weighted by Gasteiger charge is 2.41. The zero-order chi connectivity index (χ0) is 13.3. The molecule has 1 fully saturated rings. The summed E-state index contributed by atoms with van der Waals surface area (Å²) in [4.78, 5) is 24.9. The first-order valence-electron chi connectivity index (χ1n) is 6.06. The van der Waals surface area contributed by atoms with Crippen molar-refractivity contribution in [2.75, 3.05) is 6.54 Å². The van der Waals surface area contributed by atoms with Crippen LogP contribution < -0.4 is 0 Å². The van der Waals surface area contributed by atoms with E-state index in [2.05, 4.69) is 5.10 Å². The first-order chi connectivity index (χ1) is 8.56. The summed E-state index contributed by atoms with van der Waals surface area (Å²) in [5, 5.41) is 13.4. The Morgan fingerprint density at radius 3 is 2.83 bits per heavy atom. The molecular formula is C12H17N3O3. The molecule has 2 unspecified atom stereocenters. The Hall–Kier alpha value is -1.85. The molecule has 98 valence electrons. The molecule has 2 atom stereocenters. The number of hydrogen-bond acceptors (Lipinski definition) is 3. The molecule has 1 aliphatic heterocycles. The number of carbonyl (C=O) groups is 2. The van der Waals surface area contributed by atoms with Crippen LogP contribution >= 0.6 is 0 Å². The van der Waals surface area contributed by atoms with Gasteiger partial charge in [0.05, 0.1) is 17.7 Å². The standard InChI is InChI=1S/C12H17N3O3/c1-3-15-10(16)5-4-8(12(17)18)11(15)9-6-7-13-14(9)2/h6-8,11H,3-5H2,1-2H3,(H,17,18). The predicted octanol–water partition coefficient (Wildman–Crippen LogP) is 0.804. The maximum absolute atomic E-state index is 11.9. The van der Waals surface area contributed by atoms with E-state index in [4.69, 9.17) is 0 Å². The quantitative estimate of drug-likeness (QED) is 0.862. The number of aromatic nitrogens is 2. The van der Waals surface area contributed by atoms with E-state index in [0.29, 0.717) is 19.4 Å². The topological polar surface area (TPSA) is 75.4 Å². The fourth-order valence-corrected chi connectivity index (χ4v) is 2.62. The lowest BCUT2D eigenvalue weighted by Gasteiger charge is -2.38. The first kappa shape index (κ1) is 12.6. The number of rotatable bonds is 3. The molecule has 1 aromatic rings. The molecule has 0 spiro atoms. The minimum absolute atomic E-state index is 0.0150. The summed E-state index contributed by atoms with van der Waals surface area (Å²) >= 11 is 0. The van der Waals surface area contributed by atoms with Gasteiger partial charge in [-0.3, -0.25) is 14.3 Å². The monoisotopic (exact) mass is 251 g/mol. The normalized spacial score (nSPS) is 24.3. The molecule has 2 heterocycles. The third kappa shape index (κ3) is 1.98. The second kappa shape index (κ2) is 4.80. The molecule has 1 aliphatic rings. The van der Waals surface area contributed by atoms with E-state index in [1.165, 1.54) is 0 Å². The van der Waals surface area contributed by atoms with Gasteiger partial charge in [0.15, 0.2) is 0 Å². The number of carbonyl (C=O) groups excluding carboxylic acids is 1. The van der Waals surface area contributed by atoms with E-state index in [-0.39, 0.29) is 5.91 Å². The van der Waals surface area contributed by atoms with Gasteiger partial charge in [-0.05, 0) is 19.4 Å². The summed E-state index contributed by atoms with van der Waals surface area (Å²) in [5.41, 5.74) is 0.775. The maximum atomic E-state index is 11.9. The first-order valence-corrected chi connectivity index (χ1v) is 6.06. The van der Waals surface area contributed by atoms with Crippen LogP contribution in [0.2, 0.25) is 0 Å². The summed E-state index contributed by atoms with van der Waals surface area (Å²) in [6.07, 6.45) is 2.32. The molecule has 0 saturated carbocycles. The molecule has 1 aromatic heterocycles. The van der Waals surface area contributed by atoms with E-state index in [9.17, 15) is 14.7 Å². The molecule has 0 aromatic carbocycles. The number of amides is 1. The summed E-state index contributed by atoms with van der Waals surface area (Å²) in [6.45, 7) is 2.38. The second-order valence-corrected chi connectivity index (χ2v) is 4.49. The van der Waals surface area contributed by atoms with Crippen LogP contribution in [0.25, 0.3) is 0 Å². The van der Waals surface area contributed by atoms with Crippen molar-refractivity contribution in [2.45, 2.75) is 25.8 Å². The van der Waals surface area contributed by atoms with Gasteiger partial charge in [0.2, 0.25) is 5.91 Å².